The fourth-order valence-corrected chi connectivity index (χ4v) is 3.08. The molecule has 0 saturated carbocycles. The molecule has 110 valence electrons. The monoisotopic (exact) mass is 283 g/mol. The maximum Gasteiger partial charge on any atom is 0.318 e. The molecule has 0 bridgehead atoms. The fourth-order valence-electron chi connectivity index (χ4n) is 3.08. The van der Waals surface area contributed by atoms with Crippen LogP contribution in [0.2, 0.25) is 0 Å². The highest BCUT2D eigenvalue weighted by Crippen LogP contribution is 2.33. The lowest BCUT2D eigenvalue weighted by Gasteiger charge is -2.37. The molecule has 4 heteroatoms. The SMILES string of the molecule is CCNC(=O)N1CCn2cccc2C1c1ccccc1C. The molecule has 2 aromatic rings. The van der Waals surface area contributed by atoms with Crippen LogP contribution in [0.15, 0.2) is 42.6 Å². The molecule has 1 aromatic carbocycles. The highest BCUT2D eigenvalue weighted by molar-refractivity contribution is 5.75. The molecule has 2 heterocycles. The van der Waals surface area contributed by atoms with Crippen LogP contribution in [0.25, 0.3) is 0 Å². The quantitative estimate of drug-likeness (QED) is 0.904. The lowest BCUT2D eigenvalue weighted by atomic mass is 9.96. The van der Waals surface area contributed by atoms with Gasteiger partial charge in [0.05, 0.1) is 6.04 Å². The van der Waals surface area contributed by atoms with Gasteiger partial charge in [-0.3, -0.25) is 0 Å². The number of fused-ring (bicyclic) bond motifs is 1. The van der Waals surface area contributed by atoms with Gasteiger partial charge >= 0.3 is 6.03 Å². The summed E-state index contributed by atoms with van der Waals surface area (Å²) in [5, 5.41) is 2.94. The van der Waals surface area contributed by atoms with Gasteiger partial charge in [0, 0.05) is 31.5 Å². The Morgan fingerprint density at radius 2 is 2.05 bits per heavy atom. The first-order valence-corrected chi connectivity index (χ1v) is 7.47. The lowest BCUT2D eigenvalue weighted by molar-refractivity contribution is 0.169. The number of aromatic nitrogens is 1. The molecule has 4 nitrogen and oxygen atoms in total. The largest absolute Gasteiger partial charge is 0.348 e. The second-order valence-corrected chi connectivity index (χ2v) is 5.41. The average molecular weight is 283 g/mol. The van der Waals surface area contributed by atoms with Gasteiger partial charge in [0.2, 0.25) is 0 Å². The molecule has 1 aliphatic rings. The minimum Gasteiger partial charge on any atom is -0.348 e. The Hall–Kier alpha value is -2.23. The van der Waals surface area contributed by atoms with Crippen LogP contribution in [0.1, 0.15) is 29.8 Å². The zero-order valence-corrected chi connectivity index (χ0v) is 12.5. The van der Waals surface area contributed by atoms with Crippen LogP contribution < -0.4 is 5.32 Å². The van der Waals surface area contributed by atoms with Gasteiger partial charge in [0.1, 0.15) is 0 Å². The minimum atomic E-state index is -0.0125. The van der Waals surface area contributed by atoms with E-state index in [1.807, 2.05) is 24.0 Å². The summed E-state index contributed by atoms with van der Waals surface area (Å²) in [6, 6.07) is 12.5. The van der Waals surface area contributed by atoms with Gasteiger partial charge in [0.25, 0.3) is 0 Å². The van der Waals surface area contributed by atoms with Gasteiger partial charge in [-0.2, -0.15) is 0 Å². The van der Waals surface area contributed by atoms with Crippen molar-refractivity contribution in [1.82, 2.24) is 14.8 Å². The van der Waals surface area contributed by atoms with Crippen molar-refractivity contribution in [2.45, 2.75) is 26.4 Å². The zero-order chi connectivity index (χ0) is 14.8. The third-order valence-corrected chi connectivity index (χ3v) is 4.11. The number of rotatable bonds is 2. The van der Waals surface area contributed by atoms with E-state index in [1.54, 1.807) is 0 Å². The Morgan fingerprint density at radius 1 is 1.24 bits per heavy atom. The van der Waals surface area contributed by atoms with Crippen LogP contribution in [-0.2, 0) is 6.54 Å². The molecule has 2 amide bonds. The topological polar surface area (TPSA) is 37.3 Å². The average Bonchev–Trinajstić information content (AvgIpc) is 2.95. The van der Waals surface area contributed by atoms with Crippen LogP contribution in [0.3, 0.4) is 0 Å². The Morgan fingerprint density at radius 3 is 2.81 bits per heavy atom. The van der Waals surface area contributed by atoms with Crippen molar-refractivity contribution in [2.24, 2.45) is 0 Å². The summed E-state index contributed by atoms with van der Waals surface area (Å²) in [5.74, 6) is 0. The summed E-state index contributed by atoms with van der Waals surface area (Å²) in [5.41, 5.74) is 3.59. The smallest absolute Gasteiger partial charge is 0.318 e. The molecule has 0 spiro atoms. The fraction of sp³-hybridized carbons (Fsp3) is 0.353. The summed E-state index contributed by atoms with van der Waals surface area (Å²) in [6.07, 6.45) is 2.09. The molecule has 1 aromatic heterocycles. The number of nitrogens with zero attached hydrogens (tertiary/aromatic N) is 2. The van der Waals surface area contributed by atoms with Crippen LogP contribution in [0.5, 0.6) is 0 Å². The number of hydrogen-bond donors (Lipinski definition) is 1. The van der Waals surface area contributed by atoms with Crippen LogP contribution in [-0.4, -0.2) is 28.6 Å². The van der Waals surface area contributed by atoms with E-state index in [9.17, 15) is 4.79 Å². The Kier molecular flexibility index (Phi) is 3.69. The first-order valence-electron chi connectivity index (χ1n) is 7.47. The molecule has 0 fully saturated rings. The van der Waals surface area contributed by atoms with Crippen LogP contribution >= 0.6 is 0 Å². The van der Waals surface area contributed by atoms with E-state index in [2.05, 4.69) is 47.3 Å². The van der Waals surface area contributed by atoms with Gasteiger partial charge in [0.15, 0.2) is 0 Å². The predicted molar refractivity (Wildman–Crippen MR) is 83.2 cm³/mol. The highest BCUT2D eigenvalue weighted by Gasteiger charge is 2.32. The maximum atomic E-state index is 12.4. The molecule has 21 heavy (non-hydrogen) atoms. The minimum absolute atomic E-state index is 0.0122. The second-order valence-electron chi connectivity index (χ2n) is 5.41. The van der Waals surface area contributed by atoms with E-state index >= 15 is 0 Å². The van der Waals surface area contributed by atoms with Crippen molar-refractivity contribution in [3.63, 3.8) is 0 Å². The number of urea groups is 1. The number of aryl methyl sites for hydroxylation is 1. The Balaban J connectivity index is 2.06. The molecule has 0 saturated heterocycles. The molecule has 1 N–H and O–H groups in total. The molecule has 1 atom stereocenters. The van der Waals surface area contributed by atoms with E-state index in [0.29, 0.717) is 6.54 Å². The summed E-state index contributed by atoms with van der Waals surface area (Å²) in [4.78, 5) is 14.4. The molecular formula is C17H21N3O. The second kappa shape index (κ2) is 5.64. The molecule has 1 unspecified atom stereocenters. The molecule has 3 rings (SSSR count). The zero-order valence-electron chi connectivity index (χ0n) is 12.5. The Labute approximate surface area is 125 Å². The van der Waals surface area contributed by atoms with Gasteiger partial charge in [-0.1, -0.05) is 24.3 Å². The van der Waals surface area contributed by atoms with Crippen molar-refractivity contribution in [3.8, 4) is 0 Å². The van der Waals surface area contributed by atoms with Gasteiger partial charge in [-0.25, -0.2) is 4.79 Å². The highest BCUT2D eigenvalue weighted by atomic mass is 16.2. The third-order valence-electron chi connectivity index (χ3n) is 4.11. The van der Waals surface area contributed by atoms with Crippen LogP contribution in [0.4, 0.5) is 4.79 Å². The van der Waals surface area contributed by atoms with E-state index in [1.165, 1.54) is 16.8 Å². The molecule has 1 aliphatic heterocycles. The number of carbonyl (C=O) groups excluding carboxylic acids is 1. The number of nitrogens with one attached hydrogen (secondary N) is 1. The molecular weight excluding hydrogens is 262 g/mol. The van der Waals surface area contributed by atoms with Crippen LogP contribution in [0, 0.1) is 6.92 Å². The van der Waals surface area contributed by atoms with Gasteiger partial charge in [-0.15, -0.1) is 0 Å². The van der Waals surface area contributed by atoms with Crippen molar-refractivity contribution in [1.29, 1.82) is 0 Å². The molecule has 0 aliphatic carbocycles. The number of hydrogen-bond acceptors (Lipinski definition) is 1. The van der Waals surface area contributed by atoms with E-state index in [4.69, 9.17) is 0 Å². The summed E-state index contributed by atoms with van der Waals surface area (Å²) >= 11 is 0. The number of carbonyl (C=O) groups is 1. The number of amides is 2. The van der Waals surface area contributed by atoms with Crippen molar-refractivity contribution in [3.05, 3.63) is 59.4 Å². The van der Waals surface area contributed by atoms with E-state index in [-0.39, 0.29) is 12.1 Å². The first-order chi connectivity index (χ1) is 10.2. The van der Waals surface area contributed by atoms with E-state index in [0.717, 1.165) is 13.1 Å². The van der Waals surface area contributed by atoms with Crippen molar-refractivity contribution >= 4 is 6.03 Å². The number of benzene rings is 1. The lowest BCUT2D eigenvalue weighted by Crippen LogP contribution is -2.47. The van der Waals surface area contributed by atoms with Crippen molar-refractivity contribution < 1.29 is 4.79 Å². The van der Waals surface area contributed by atoms with E-state index < -0.39 is 0 Å². The predicted octanol–water partition coefficient (Wildman–Crippen LogP) is 2.93. The standard InChI is InChI=1S/C17H21N3O/c1-3-18-17(21)20-12-11-19-10-6-9-15(19)16(20)14-8-5-4-7-13(14)2/h4-10,16H,3,11-12H2,1-2H3,(H,18,21). The summed E-state index contributed by atoms with van der Waals surface area (Å²) in [6.45, 7) is 6.28. The Bertz CT molecular complexity index is 647. The third kappa shape index (κ3) is 2.42. The van der Waals surface area contributed by atoms with Crippen molar-refractivity contribution in [2.75, 3.05) is 13.1 Å². The summed E-state index contributed by atoms with van der Waals surface area (Å²) < 4.78 is 2.24. The summed E-state index contributed by atoms with van der Waals surface area (Å²) in [7, 11) is 0. The maximum absolute atomic E-state index is 12.4. The first kappa shape index (κ1) is 13.7. The molecule has 0 radical (unpaired) electrons. The van der Waals surface area contributed by atoms with Gasteiger partial charge < -0.3 is 14.8 Å². The van der Waals surface area contributed by atoms with Gasteiger partial charge in [-0.05, 0) is 37.1 Å². The normalized spacial score (nSPS) is 17.4.